The Kier molecular flexibility index (Phi) is 9.40. The predicted octanol–water partition coefficient (Wildman–Crippen LogP) is 2.06. The van der Waals surface area contributed by atoms with Crippen molar-refractivity contribution in [3.8, 4) is 0 Å². The van der Waals surface area contributed by atoms with Crippen LogP contribution in [0.15, 0.2) is 0 Å². The lowest BCUT2D eigenvalue weighted by atomic mass is 9.90. The lowest BCUT2D eigenvalue weighted by molar-refractivity contribution is -0.870. The van der Waals surface area contributed by atoms with Crippen LogP contribution in [0.1, 0.15) is 53.4 Å². The number of aliphatic carboxylic acids is 1. The number of carboxylic acid groups (broad SMARTS) is 1. The third kappa shape index (κ3) is 25.6. The third-order valence-electron chi connectivity index (χ3n) is 2.20. The number of nitrogens with zero attached hydrogens (tertiary/aromatic N) is 1. The molecule has 0 spiro atoms. The molecule has 0 aliphatic carbocycles. The first kappa shape index (κ1) is 18.8. The van der Waals surface area contributed by atoms with E-state index < -0.39 is 5.97 Å². The van der Waals surface area contributed by atoms with Crippen LogP contribution in [0.2, 0.25) is 0 Å². The molecule has 0 amide bonds. The van der Waals surface area contributed by atoms with Crippen LogP contribution in [-0.4, -0.2) is 38.1 Å². The fraction of sp³-hybridized carbons (Fsp3) is 0.929. The number of rotatable bonds is 5. The molecule has 0 radical (unpaired) electrons. The Morgan fingerprint density at radius 3 is 1.82 bits per heavy atom. The molecule has 0 heterocycles. The summed E-state index contributed by atoms with van der Waals surface area (Å²) in [7, 11) is 6.64. The summed E-state index contributed by atoms with van der Waals surface area (Å²) in [6.45, 7) is 9.79. The molecule has 0 aliphatic heterocycles. The maximum absolute atomic E-state index is 9.97. The SMILES string of the molecule is CC(C)(C)CCCC(=O)[O-].CCC[N+](C)(C)C. The van der Waals surface area contributed by atoms with Crippen LogP contribution in [0.3, 0.4) is 0 Å². The van der Waals surface area contributed by atoms with E-state index in [0.29, 0.717) is 0 Å². The second-order valence-electron chi connectivity index (χ2n) is 6.80. The highest BCUT2D eigenvalue weighted by molar-refractivity contribution is 5.64. The fourth-order valence-corrected chi connectivity index (χ4v) is 1.43. The van der Waals surface area contributed by atoms with Gasteiger partial charge in [0.05, 0.1) is 27.7 Å². The molecule has 0 N–H and O–H groups in total. The minimum absolute atomic E-state index is 0.192. The second kappa shape index (κ2) is 8.51. The van der Waals surface area contributed by atoms with Crippen molar-refractivity contribution in [2.45, 2.75) is 53.4 Å². The van der Waals surface area contributed by atoms with Crippen LogP contribution in [0.4, 0.5) is 0 Å². The van der Waals surface area contributed by atoms with Gasteiger partial charge in [-0.2, -0.15) is 0 Å². The summed E-state index contributed by atoms with van der Waals surface area (Å²) in [5.74, 6) is -0.941. The number of carboxylic acids is 1. The Bertz CT molecular complexity index is 199. The van der Waals surface area contributed by atoms with Crippen molar-refractivity contribution in [1.82, 2.24) is 0 Å². The molecule has 0 rings (SSSR count). The molecular weight excluding hydrogens is 214 g/mol. The summed E-state index contributed by atoms with van der Waals surface area (Å²) in [6.07, 6.45) is 3.15. The number of hydrogen-bond acceptors (Lipinski definition) is 2. The van der Waals surface area contributed by atoms with Crippen molar-refractivity contribution in [2.75, 3.05) is 27.7 Å². The van der Waals surface area contributed by atoms with Gasteiger partial charge in [-0.3, -0.25) is 0 Å². The molecule has 0 aromatic heterocycles. The molecule has 0 aromatic rings. The maximum atomic E-state index is 9.97. The molecule has 3 nitrogen and oxygen atoms in total. The van der Waals surface area contributed by atoms with E-state index in [1.165, 1.54) is 13.0 Å². The van der Waals surface area contributed by atoms with Crippen LogP contribution in [0.5, 0.6) is 0 Å². The molecule has 0 atom stereocenters. The quantitative estimate of drug-likeness (QED) is 0.696. The summed E-state index contributed by atoms with van der Waals surface area (Å²) in [4.78, 5) is 9.97. The lowest BCUT2D eigenvalue weighted by Gasteiger charge is -2.22. The Morgan fingerprint density at radius 1 is 1.18 bits per heavy atom. The zero-order chi connectivity index (χ0) is 14.1. The van der Waals surface area contributed by atoms with Gasteiger partial charge in [-0.25, -0.2) is 0 Å². The molecule has 0 unspecified atom stereocenters. The molecule has 17 heavy (non-hydrogen) atoms. The third-order valence-corrected chi connectivity index (χ3v) is 2.20. The van der Waals surface area contributed by atoms with Gasteiger partial charge in [0, 0.05) is 5.97 Å². The van der Waals surface area contributed by atoms with Crippen LogP contribution in [0, 0.1) is 5.41 Å². The Morgan fingerprint density at radius 2 is 1.65 bits per heavy atom. The average Bonchev–Trinajstić information content (AvgIpc) is 1.98. The molecule has 0 bridgehead atoms. The smallest absolute Gasteiger partial charge is 0.0777 e. The molecule has 104 valence electrons. The summed E-state index contributed by atoms with van der Waals surface area (Å²) < 4.78 is 1.09. The van der Waals surface area contributed by atoms with Gasteiger partial charge >= 0.3 is 0 Å². The van der Waals surface area contributed by atoms with Gasteiger partial charge < -0.3 is 14.4 Å². The molecule has 0 saturated heterocycles. The Labute approximate surface area is 107 Å². The highest BCUT2D eigenvalue weighted by atomic mass is 16.4. The van der Waals surface area contributed by atoms with Crippen LogP contribution < -0.4 is 5.11 Å². The molecule has 0 aromatic carbocycles. The standard InChI is InChI=1S/C8H16O2.C6H16N/c1-8(2,3)6-4-5-7(9)10;1-5-6-7(2,3)4/h4-6H2,1-3H3,(H,9,10);5-6H2,1-4H3/q;+1/p-1. The van der Waals surface area contributed by atoms with Crippen LogP contribution >= 0.6 is 0 Å². The average molecular weight is 245 g/mol. The lowest BCUT2D eigenvalue weighted by Crippen LogP contribution is -2.34. The second-order valence-corrected chi connectivity index (χ2v) is 6.80. The van der Waals surface area contributed by atoms with Gasteiger partial charge in [-0.05, 0) is 31.1 Å². The van der Waals surface area contributed by atoms with Gasteiger partial charge in [-0.15, -0.1) is 0 Å². The minimum Gasteiger partial charge on any atom is -0.550 e. The maximum Gasteiger partial charge on any atom is 0.0777 e. The first-order chi connectivity index (χ1) is 7.48. The van der Waals surface area contributed by atoms with Crippen LogP contribution in [-0.2, 0) is 4.79 Å². The first-order valence-corrected chi connectivity index (χ1v) is 6.48. The number of carbonyl (C=O) groups excluding carboxylic acids is 1. The van der Waals surface area contributed by atoms with E-state index in [1.54, 1.807) is 0 Å². The van der Waals surface area contributed by atoms with Gasteiger partial charge in [0.1, 0.15) is 0 Å². The number of carbonyl (C=O) groups is 1. The molecular formula is C14H31NO2. The van der Waals surface area contributed by atoms with Crippen molar-refractivity contribution in [1.29, 1.82) is 0 Å². The Hall–Kier alpha value is -0.570. The zero-order valence-corrected chi connectivity index (χ0v) is 12.8. The van der Waals surface area contributed by atoms with Crippen molar-refractivity contribution in [2.24, 2.45) is 5.41 Å². The topological polar surface area (TPSA) is 40.1 Å². The van der Waals surface area contributed by atoms with Gasteiger partial charge in [0.15, 0.2) is 0 Å². The molecule has 0 fully saturated rings. The van der Waals surface area contributed by atoms with Gasteiger partial charge in [0.25, 0.3) is 0 Å². The Balaban J connectivity index is 0. The van der Waals surface area contributed by atoms with E-state index in [0.717, 1.165) is 17.3 Å². The summed E-state index contributed by atoms with van der Waals surface area (Å²) in [6, 6.07) is 0. The van der Waals surface area contributed by atoms with Gasteiger partial charge in [-0.1, -0.05) is 27.7 Å². The van der Waals surface area contributed by atoms with E-state index >= 15 is 0 Å². The van der Waals surface area contributed by atoms with E-state index in [1.807, 2.05) is 0 Å². The largest absolute Gasteiger partial charge is 0.550 e. The van der Waals surface area contributed by atoms with E-state index in [2.05, 4.69) is 48.8 Å². The zero-order valence-electron chi connectivity index (χ0n) is 12.8. The van der Waals surface area contributed by atoms with Crippen molar-refractivity contribution in [3.63, 3.8) is 0 Å². The summed E-state index contributed by atoms with van der Waals surface area (Å²) in [5.41, 5.74) is 0.245. The highest BCUT2D eigenvalue weighted by Crippen LogP contribution is 2.20. The summed E-state index contributed by atoms with van der Waals surface area (Å²) in [5, 5.41) is 9.97. The molecule has 3 heteroatoms. The minimum atomic E-state index is -0.941. The summed E-state index contributed by atoms with van der Waals surface area (Å²) >= 11 is 0. The predicted molar refractivity (Wildman–Crippen MR) is 71.5 cm³/mol. The van der Waals surface area contributed by atoms with E-state index in [9.17, 15) is 9.90 Å². The normalized spacial score (nSPS) is 11.7. The fourth-order valence-electron chi connectivity index (χ4n) is 1.43. The van der Waals surface area contributed by atoms with Crippen LogP contribution in [0.25, 0.3) is 0 Å². The first-order valence-electron chi connectivity index (χ1n) is 6.48. The monoisotopic (exact) mass is 245 g/mol. The molecule has 0 aliphatic rings. The highest BCUT2D eigenvalue weighted by Gasteiger charge is 2.08. The van der Waals surface area contributed by atoms with Gasteiger partial charge in [0.2, 0.25) is 0 Å². The number of quaternary nitrogens is 1. The van der Waals surface area contributed by atoms with Crippen molar-refractivity contribution >= 4 is 5.97 Å². The molecule has 0 saturated carbocycles. The van der Waals surface area contributed by atoms with E-state index in [-0.39, 0.29) is 11.8 Å². The van der Waals surface area contributed by atoms with Crippen molar-refractivity contribution in [3.05, 3.63) is 0 Å². The number of hydrogen-bond donors (Lipinski definition) is 0. The van der Waals surface area contributed by atoms with E-state index in [4.69, 9.17) is 0 Å². The van der Waals surface area contributed by atoms with Crippen molar-refractivity contribution < 1.29 is 14.4 Å².